The number of esters is 1. The zero-order chi connectivity index (χ0) is 21.2. The normalized spacial score (nSPS) is 11.4. The number of hydrogen-bond acceptors (Lipinski definition) is 4. The number of anilines is 1. The van der Waals surface area contributed by atoms with E-state index in [1.54, 1.807) is 24.3 Å². The van der Waals surface area contributed by atoms with Gasteiger partial charge in [0, 0.05) is 0 Å². The molecule has 2 aromatic rings. The van der Waals surface area contributed by atoms with Crippen LogP contribution in [0.3, 0.4) is 0 Å². The molecule has 1 unspecified atom stereocenters. The fraction of sp³-hybridized carbons (Fsp3) is 0.348. The summed E-state index contributed by atoms with van der Waals surface area (Å²) in [5.74, 6) is -2.14. The molecule has 0 aromatic heterocycles. The Balaban J connectivity index is 2.00. The molecule has 6 heteroatoms. The van der Waals surface area contributed by atoms with Gasteiger partial charge in [0.15, 0.2) is 0 Å². The van der Waals surface area contributed by atoms with Gasteiger partial charge in [0.25, 0.3) is 0 Å². The summed E-state index contributed by atoms with van der Waals surface area (Å²) >= 11 is 0. The summed E-state index contributed by atoms with van der Waals surface area (Å²) in [6, 6.07) is 14.0. The van der Waals surface area contributed by atoms with Crippen LogP contribution in [0.5, 0.6) is 0 Å². The molecule has 0 aliphatic heterocycles. The van der Waals surface area contributed by atoms with Crippen molar-refractivity contribution in [3.8, 4) is 0 Å². The summed E-state index contributed by atoms with van der Waals surface area (Å²) in [7, 11) is 0. The Morgan fingerprint density at radius 1 is 0.966 bits per heavy atom. The van der Waals surface area contributed by atoms with Gasteiger partial charge in [-0.2, -0.15) is 0 Å². The minimum Gasteiger partial charge on any atom is -0.462 e. The van der Waals surface area contributed by atoms with Crippen LogP contribution in [0.2, 0.25) is 0 Å². The third-order valence-corrected chi connectivity index (χ3v) is 4.57. The molecular weight excluding hydrogens is 368 g/mol. The molecule has 0 heterocycles. The summed E-state index contributed by atoms with van der Waals surface area (Å²) in [5, 5.41) is 5.18. The molecule has 29 heavy (non-hydrogen) atoms. The number of para-hydroxylation sites is 1. The number of amides is 2. The lowest BCUT2D eigenvalue weighted by Gasteiger charge is -2.15. The van der Waals surface area contributed by atoms with Gasteiger partial charge in [0.05, 0.1) is 23.9 Å². The summed E-state index contributed by atoms with van der Waals surface area (Å²) in [4.78, 5) is 36.9. The van der Waals surface area contributed by atoms with Gasteiger partial charge in [-0.15, -0.1) is 0 Å². The van der Waals surface area contributed by atoms with Crippen LogP contribution in [0.25, 0.3) is 0 Å². The first kappa shape index (κ1) is 22.1. The van der Waals surface area contributed by atoms with Crippen LogP contribution in [-0.2, 0) is 20.7 Å². The number of aryl methyl sites for hydroxylation is 1. The standard InChI is InChI=1S/C23H28N2O4/c1-4-6-15-29-23(28)19-9-7-8-10-20(19)25-22(27)21(26)24-16(3)18-13-11-17(5-2)12-14-18/h7-14,16H,4-6,15H2,1-3H3,(H,24,26)(H,25,27). The predicted molar refractivity (Wildman–Crippen MR) is 113 cm³/mol. The Morgan fingerprint density at radius 3 is 2.31 bits per heavy atom. The highest BCUT2D eigenvalue weighted by atomic mass is 16.5. The van der Waals surface area contributed by atoms with Gasteiger partial charge in [0.1, 0.15) is 0 Å². The number of carbonyl (C=O) groups is 3. The third-order valence-electron chi connectivity index (χ3n) is 4.57. The second-order valence-electron chi connectivity index (χ2n) is 6.78. The zero-order valence-electron chi connectivity index (χ0n) is 17.2. The Kier molecular flexibility index (Phi) is 8.40. The summed E-state index contributed by atoms with van der Waals surface area (Å²) in [6.07, 6.45) is 2.61. The quantitative estimate of drug-likeness (QED) is 0.401. The molecule has 0 saturated carbocycles. The van der Waals surface area contributed by atoms with Crippen molar-refractivity contribution in [2.24, 2.45) is 0 Å². The van der Waals surface area contributed by atoms with Gasteiger partial charge in [-0.25, -0.2) is 4.79 Å². The van der Waals surface area contributed by atoms with Crippen LogP contribution in [0, 0.1) is 0 Å². The lowest BCUT2D eigenvalue weighted by Crippen LogP contribution is -2.37. The molecule has 154 valence electrons. The van der Waals surface area contributed by atoms with Crippen molar-refractivity contribution in [1.82, 2.24) is 5.32 Å². The van der Waals surface area contributed by atoms with E-state index in [2.05, 4.69) is 17.6 Å². The summed E-state index contributed by atoms with van der Waals surface area (Å²) in [6.45, 7) is 6.19. The lowest BCUT2D eigenvalue weighted by molar-refractivity contribution is -0.136. The molecule has 2 N–H and O–H groups in total. The monoisotopic (exact) mass is 396 g/mol. The first-order valence-electron chi connectivity index (χ1n) is 9.93. The Hall–Kier alpha value is -3.15. The van der Waals surface area contributed by atoms with Gasteiger partial charge >= 0.3 is 17.8 Å². The molecular formula is C23H28N2O4. The molecule has 0 fully saturated rings. The van der Waals surface area contributed by atoms with Crippen LogP contribution in [-0.4, -0.2) is 24.4 Å². The van der Waals surface area contributed by atoms with Gasteiger partial charge in [-0.05, 0) is 43.0 Å². The molecule has 0 saturated heterocycles. The first-order valence-corrected chi connectivity index (χ1v) is 9.93. The number of ether oxygens (including phenoxy) is 1. The Bertz CT molecular complexity index is 846. The van der Waals surface area contributed by atoms with Crippen molar-refractivity contribution in [2.45, 2.75) is 46.1 Å². The van der Waals surface area contributed by atoms with Crippen molar-refractivity contribution in [2.75, 3.05) is 11.9 Å². The highest BCUT2D eigenvalue weighted by Gasteiger charge is 2.20. The van der Waals surface area contributed by atoms with Gasteiger partial charge in [-0.1, -0.05) is 56.7 Å². The van der Waals surface area contributed by atoms with Crippen molar-refractivity contribution < 1.29 is 19.1 Å². The maximum absolute atomic E-state index is 12.3. The second kappa shape index (κ2) is 11.0. The average molecular weight is 396 g/mol. The molecule has 6 nitrogen and oxygen atoms in total. The van der Waals surface area contributed by atoms with E-state index in [0.29, 0.717) is 6.61 Å². The largest absolute Gasteiger partial charge is 0.462 e. The highest BCUT2D eigenvalue weighted by Crippen LogP contribution is 2.17. The molecule has 2 rings (SSSR count). The van der Waals surface area contributed by atoms with E-state index in [1.165, 1.54) is 5.56 Å². The molecule has 0 radical (unpaired) electrons. The zero-order valence-corrected chi connectivity index (χ0v) is 17.2. The van der Waals surface area contributed by atoms with E-state index < -0.39 is 17.8 Å². The van der Waals surface area contributed by atoms with Crippen molar-refractivity contribution in [3.63, 3.8) is 0 Å². The average Bonchev–Trinajstić information content (AvgIpc) is 2.74. The number of carbonyl (C=O) groups excluding carboxylic acids is 3. The van der Waals surface area contributed by atoms with E-state index in [1.807, 2.05) is 38.1 Å². The molecule has 0 aliphatic rings. The van der Waals surface area contributed by atoms with Crippen molar-refractivity contribution in [3.05, 3.63) is 65.2 Å². The van der Waals surface area contributed by atoms with Gasteiger partial charge in [-0.3, -0.25) is 9.59 Å². The van der Waals surface area contributed by atoms with E-state index in [9.17, 15) is 14.4 Å². The number of rotatable bonds is 8. The fourth-order valence-electron chi connectivity index (χ4n) is 2.72. The highest BCUT2D eigenvalue weighted by molar-refractivity contribution is 6.40. The SMILES string of the molecule is CCCCOC(=O)c1ccccc1NC(=O)C(=O)NC(C)c1ccc(CC)cc1. The molecule has 0 aliphatic carbocycles. The molecule has 0 spiro atoms. The smallest absolute Gasteiger partial charge is 0.340 e. The van der Waals surface area contributed by atoms with Crippen LogP contribution in [0.1, 0.15) is 61.1 Å². The minimum absolute atomic E-state index is 0.216. The van der Waals surface area contributed by atoms with E-state index in [0.717, 1.165) is 24.8 Å². The molecule has 0 bridgehead atoms. The topological polar surface area (TPSA) is 84.5 Å². The first-order chi connectivity index (χ1) is 14.0. The molecule has 2 aromatic carbocycles. The van der Waals surface area contributed by atoms with Crippen LogP contribution in [0.15, 0.2) is 48.5 Å². The summed E-state index contributed by atoms with van der Waals surface area (Å²) < 4.78 is 5.20. The van der Waals surface area contributed by atoms with Crippen molar-refractivity contribution in [1.29, 1.82) is 0 Å². The summed E-state index contributed by atoms with van der Waals surface area (Å²) in [5.41, 5.74) is 2.57. The Morgan fingerprint density at radius 2 is 1.66 bits per heavy atom. The maximum Gasteiger partial charge on any atom is 0.340 e. The van der Waals surface area contributed by atoms with Gasteiger partial charge < -0.3 is 15.4 Å². The molecule has 1 atom stereocenters. The lowest BCUT2D eigenvalue weighted by atomic mass is 10.0. The Labute approximate surface area is 171 Å². The van der Waals surface area contributed by atoms with Crippen molar-refractivity contribution >= 4 is 23.5 Å². The van der Waals surface area contributed by atoms with E-state index in [-0.39, 0.29) is 17.3 Å². The number of unbranched alkanes of at least 4 members (excludes halogenated alkanes) is 1. The third kappa shape index (κ3) is 6.45. The van der Waals surface area contributed by atoms with Crippen LogP contribution < -0.4 is 10.6 Å². The fourth-order valence-corrected chi connectivity index (χ4v) is 2.72. The number of nitrogens with one attached hydrogen (secondary N) is 2. The number of benzene rings is 2. The van der Waals surface area contributed by atoms with E-state index in [4.69, 9.17) is 4.74 Å². The number of hydrogen-bond donors (Lipinski definition) is 2. The van der Waals surface area contributed by atoms with Gasteiger partial charge in [0.2, 0.25) is 0 Å². The second-order valence-corrected chi connectivity index (χ2v) is 6.78. The molecule has 2 amide bonds. The minimum atomic E-state index is -0.837. The van der Waals surface area contributed by atoms with Crippen LogP contribution >= 0.6 is 0 Å². The van der Waals surface area contributed by atoms with E-state index >= 15 is 0 Å². The predicted octanol–water partition coefficient (Wildman–Crippen LogP) is 4.02. The maximum atomic E-state index is 12.3. The van der Waals surface area contributed by atoms with Crippen LogP contribution in [0.4, 0.5) is 5.69 Å².